The van der Waals surface area contributed by atoms with Crippen LogP contribution >= 0.6 is 0 Å². The minimum Gasteiger partial charge on any atom is -0.443 e. The highest BCUT2D eigenvalue weighted by Crippen LogP contribution is 2.47. The van der Waals surface area contributed by atoms with Crippen LogP contribution in [0.1, 0.15) is 54.0 Å². The van der Waals surface area contributed by atoms with Gasteiger partial charge in [-0.3, -0.25) is 9.69 Å². The Labute approximate surface area is 204 Å². The van der Waals surface area contributed by atoms with E-state index in [1.165, 1.54) is 25.2 Å². The van der Waals surface area contributed by atoms with Gasteiger partial charge in [0.15, 0.2) is 0 Å². The van der Waals surface area contributed by atoms with E-state index < -0.39 is 52.7 Å². The van der Waals surface area contributed by atoms with E-state index in [4.69, 9.17) is 19.9 Å². The fraction of sp³-hybridized carbons (Fsp3) is 0.583. The van der Waals surface area contributed by atoms with Gasteiger partial charge >= 0.3 is 12.2 Å². The third-order valence-corrected chi connectivity index (χ3v) is 5.56. The lowest BCUT2D eigenvalue weighted by Gasteiger charge is -2.41. The van der Waals surface area contributed by atoms with Crippen molar-refractivity contribution < 1.29 is 33.0 Å². The van der Waals surface area contributed by atoms with Crippen LogP contribution in [0.5, 0.6) is 0 Å². The number of carbonyl (C=O) groups excluding carboxylic acids is 3. The van der Waals surface area contributed by atoms with Crippen LogP contribution < -0.4 is 5.73 Å². The number of aliphatic imine (C=N–C) groups is 1. The molecule has 2 N–H and O–H groups in total. The standard InChI is InChI=1S/C24H33FN4O6/c1-13-17-18(30)28(8)19(27-24(17,12-33-13)15-11-14(26)9-10-16(15)25)29(20(31)34-22(2,3)4)21(32)35-23(5,6)7/h9-11,13,17H,12,26H2,1-8H3/t13-,17+,24-/m1/s1. The van der Waals surface area contributed by atoms with Crippen LogP contribution in [0.2, 0.25) is 0 Å². The Balaban J connectivity index is 2.26. The van der Waals surface area contributed by atoms with Crippen LogP contribution in [0.25, 0.3) is 0 Å². The van der Waals surface area contributed by atoms with Gasteiger partial charge in [-0.1, -0.05) is 0 Å². The number of imide groups is 1. The highest BCUT2D eigenvalue weighted by molar-refractivity contribution is 6.13. The maximum absolute atomic E-state index is 15.1. The number of nitrogens with two attached hydrogens (primary N) is 1. The first-order valence-electron chi connectivity index (χ1n) is 11.3. The summed E-state index contributed by atoms with van der Waals surface area (Å²) in [5, 5.41) is 0. The number of halogens is 1. The van der Waals surface area contributed by atoms with Crippen LogP contribution in [-0.2, 0) is 24.5 Å². The van der Waals surface area contributed by atoms with Gasteiger partial charge in [0.1, 0.15) is 22.6 Å². The first-order chi connectivity index (χ1) is 16.0. The lowest BCUT2D eigenvalue weighted by Crippen LogP contribution is -2.60. The molecule has 0 unspecified atom stereocenters. The van der Waals surface area contributed by atoms with E-state index in [2.05, 4.69) is 4.99 Å². The Kier molecular flexibility index (Phi) is 6.62. The number of hydrogen-bond acceptors (Lipinski definition) is 8. The highest BCUT2D eigenvalue weighted by atomic mass is 19.1. The Morgan fingerprint density at radius 2 is 1.71 bits per heavy atom. The van der Waals surface area contributed by atoms with Crippen molar-refractivity contribution in [2.75, 3.05) is 19.4 Å². The molecule has 3 atom stereocenters. The van der Waals surface area contributed by atoms with E-state index in [9.17, 15) is 14.4 Å². The van der Waals surface area contributed by atoms with Crippen molar-refractivity contribution in [1.29, 1.82) is 0 Å². The topological polar surface area (TPSA) is 124 Å². The number of amides is 3. The van der Waals surface area contributed by atoms with E-state index in [0.29, 0.717) is 4.90 Å². The molecule has 3 amide bonds. The summed E-state index contributed by atoms with van der Waals surface area (Å²) >= 11 is 0. The predicted octanol–water partition coefficient (Wildman–Crippen LogP) is 3.64. The fourth-order valence-electron chi connectivity index (χ4n) is 4.13. The maximum Gasteiger partial charge on any atom is 0.427 e. The molecule has 1 fully saturated rings. The molecule has 2 aliphatic heterocycles. The monoisotopic (exact) mass is 492 g/mol. The molecule has 3 rings (SSSR count). The molecule has 1 aromatic rings. The van der Waals surface area contributed by atoms with Gasteiger partial charge in [0, 0.05) is 18.3 Å². The molecule has 0 radical (unpaired) electrons. The third kappa shape index (κ3) is 5.09. The summed E-state index contributed by atoms with van der Waals surface area (Å²) in [6.07, 6.45) is -2.81. The second kappa shape index (κ2) is 8.78. The lowest BCUT2D eigenvalue weighted by molar-refractivity contribution is -0.135. The quantitative estimate of drug-likeness (QED) is 0.594. The van der Waals surface area contributed by atoms with Gasteiger partial charge in [0.2, 0.25) is 11.9 Å². The average molecular weight is 493 g/mol. The number of nitrogens with zero attached hydrogens (tertiary/aromatic N) is 3. The van der Waals surface area contributed by atoms with Crippen molar-refractivity contribution >= 4 is 29.7 Å². The summed E-state index contributed by atoms with van der Waals surface area (Å²) in [5.74, 6) is -2.46. The zero-order valence-electron chi connectivity index (χ0n) is 21.3. The second-order valence-electron chi connectivity index (χ2n) is 10.8. The normalized spacial score (nSPS) is 24.5. The number of nitrogen functional groups attached to an aromatic ring is 1. The molecular weight excluding hydrogens is 459 g/mol. The third-order valence-electron chi connectivity index (χ3n) is 5.56. The predicted molar refractivity (Wildman–Crippen MR) is 126 cm³/mol. The Bertz CT molecular complexity index is 1050. The van der Waals surface area contributed by atoms with Gasteiger partial charge in [-0.2, -0.15) is 0 Å². The van der Waals surface area contributed by atoms with Gasteiger partial charge in [0.25, 0.3) is 0 Å². The van der Waals surface area contributed by atoms with Gasteiger partial charge in [-0.05, 0) is 66.7 Å². The number of anilines is 1. The van der Waals surface area contributed by atoms with Crippen molar-refractivity contribution in [1.82, 2.24) is 9.80 Å². The molecule has 192 valence electrons. The van der Waals surface area contributed by atoms with E-state index in [-0.39, 0.29) is 23.8 Å². The van der Waals surface area contributed by atoms with Crippen molar-refractivity contribution in [3.63, 3.8) is 0 Å². The van der Waals surface area contributed by atoms with E-state index >= 15 is 4.39 Å². The molecule has 1 saturated heterocycles. The van der Waals surface area contributed by atoms with Gasteiger partial charge in [0.05, 0.1) is 18.6 Å². The van der Waals surface area contributed by atoms with E-state index in [0.717, 1.165) is 4.90 Å². The minimum absolute atomic E-state index is 0.0270. The molecule has 2 aliphatic rings. The Morgan fingerprint density at radius 3 is 2.23 bits per heavy atom. The van der Waals surface area contributed by atoms with Crippen LogP contribution in [-0.4, -0.2) is 64.8 Å². The van der Waals surface area contributed by atoms with Crippen LogP contribution in [0, 0.1) is 11.7 Å². The summed E-state index contributed by atoms with van der Waals surface area (Å²) in [5.41, 5.74) is 2.70. The van der Waals surface area contributed by atoms with Gasteiger partial charge in [-0.25, -0.2) is 19.0 Å². The fourth-order valence-corrected chi connectivity index (χ4v) is 4.13. The van der Waals surface area contributed by atoms with E-state index in [1.807, 2.05) is 0 Å². The molecule has 2 heterocycles. The SMILES string of the molecule is C[C@H]1OC[C@]2(c3cc(N)ccc3F)N=C(N(C(=O)OC(C)(C)C)C(=O)OC(C)(C)C)N(C)C(=O)[C@H]12. The zero-order chi connectivity index (χ0) is 26.5. The second-order valence-corrected chi connectivity index (χ2v) is 10.8. The van der Waals surface area contributed by atoms with Crippen molar-refractivity contribution in [3.8, 4) is 0 Å². The smallest absolute Gasteiger partial charge is 0.427 e. The first-order valence-corrected chi connectivity index (χ1v) is 11.3. The summed E-state index contributed by atoms with van der Waals surface area (Å²) < 4.78 is 31.8. The number of benzene rings is 1. The van der Waals surface area contributed by atoms with Gasteiger partial charge < -0.3 is 19.9 Å². The first kappa shape index (κ1) is 26.4. The van der Waals surface area contributed by atoms with Crippen molar-refractivity contribution in [2.24, 2.45) is 10.9 Å². The number of fused-ring (bicyclic) bond motifs is 1. The lowest BCUT2D eigenvalue weighted by atomic mass is 9.76. The maximum atomic E-state index is 15.1. The Hall–Kier alpha value is -3.21. The molecule has 0 bridgehead atoms. The molecule has 10 nitrogen and oxygen atoms in total. The van der Waals surface area contributed by atoms with Crippen molar-refractivity contribution in [3.05, 3.63) is 29.6 Å². The van der Waals surface area contributed by atoms with Crippen LogP contribution in [0.3, 0.4) is 0 Å². The summed E-state index contributed by atoms with van der Waals surface area (Å²) in [7, 11) is 1.37. The summed E-state index contributed by atoms with van der Waals surface area (Å²) in [4.78, 5) is 46.3. The number of hydrogen-bond donors (Lipinski definition) is 1. The van der Waals surface area contributed by atoms with E-state index in [1.54, 1.807) is 48.5 Å². The molecule has 1 aromatic carbocycles. The largest absolute Gasteiger partial charge is 0.443 e. The summed E-state index contributed by atoms with van der Waals surface area (Å²) in [6.45, 7) is 11.3. The summed E-state index contributed by atoms with van der Waals surface area (Å²) in [6, 6.07) is 3.95. The Morgan fingerprint density at radius 1 is 1.17 bits per heavy atom. The number of guanidine groups is 1. The zero-order valence-corrected chi connectivity index (χ0v) is 21.3. The molecule has 11 heteroatoms. The van der Waals surface area contributed by atoms with Crippen molar-refractivity contribution in [2.45, 2.75) is 71.3 Å². The molecule has 0 aliphatic carbocycles. The number of rotatable bonds is 1. The molecule has 0 aromatic heterocycles. The number of carbonyl (C=O) groups is 3. The van der Waals surface area contributed by atoms with Crippen LogP contribution in [0.15, 0.2) is 23.2 Å². The molecule has 0 spiro atoms. The molecule has 35 heavy (non-hydrogen) atoms. The highest BCUT2D eigenvalue weighted by Gasteiger charge is 2.59. The average Bonchev–Trinajstić information content (AvgIpc) is 3.02. The molecule has 0 saturated carbocycles. The number of ether oxygens (including phenoxy) is 3. The van der Waals surface area contributed by atoms with Gasteiger partial charge in [-0.15, -0.1) is 4.90 Å². The molecular formula is C24H33FN4O6. The minimum atomic E-state index is -1.57. The van der Waals surface area contributed by atoms with Crippen LogP contribution in [0.4, 0.5) is 19.7 Å².